The summed E-state index contributed by atoms with van der Waals surface area (Å²) in [4.78, 5) is 11.3. The molecule has 1 aliphatic rings. The Bertz CT molecular complexity index is 1100. The van der Waals surface area contributed by atoms with Gasteiger partial charge in [-0.2, -0.15) is 5.10 Å². The molecule has 8 nitrogen and oxygen atoms in total. The van der Waals surface area contributed by atoms with Crippen molar-refractivity contribution in [3.05, 3.63) is 71.2 Å². The molecule has 3 heterocycles. The highest BCUT2D eigenvalue weighted by molar-refractivity contribution is 14.0. The number of pyridine rings is 1. The highest BCUT2D eigenvalue weighted by Gasteiger charge is 2.17. The van der Waals surface area contributed by atoms with Gasteiger partial charge in [0, 0.05) is 45.1 Å². The van der Waals surface area contributed by atoms with Gasteiger partial charge in [-0.3, -0.25) is 4.99 Å². The summed E-state index contributed by atoms with van der Waals surface area (Å²) >= 11 is 0. The zero-order chi connectivity index (χ0) is 23.2. The molecular formula is C25H34IN7O. The third-order valence-electron chi connectivity index (χ3n) is 5.73. The van der Waals surface area contributed by atoms with Crippen molar-refractivity contribution in [2.75, 3.05) is 31.6 Å². The van der Waals surface area contributed by atoms with Gasteiger partial charge in [-0.1, -0.05) is 24.3 Å². The average Bonchev–Trinajstić information content (AvgIpc) is 3.17. The van der Waals surface area contributed by atoms with Gasteiger partial charge in [-0.25, -0.2) is 9.67 Å². The van der Waals surface area contributed by atoms with E-state index in [1.165, 1.54) is 0 Å². The molecule has 0 radical (unpaired) electrons. The van der Waals surface area contributed by atoms with E-state index in [1.807, 2.05) is 29.9 Å². The van der Waals surface area contributed by atoms with Crippen molar-refractivity contribution >= 4 is 35.8 Å². The van der Waals surface area contributed by atoms with Crippen LogP contribution in [0, 0.1) is 13.8 Å². The maximum Gasteiger partial charge on any atom is 0.191 e. The molecule has 34 heavy (non-hydrogen) atoms. The number of aryl methyl sites for hydroxylation is 2. The fourth-order valence-corrected chi connectivity index (χ4v) is 4.06. The highest BCUT2D eigenvalue weighted by atomic mass is 127. The lowest BCUT2D eigenvalue weighted by molar-refractivity contribution is 0.0529. The maximum absolute atomic E-state index is 5.62. The third kappa shape index (κ3) is 6.47. The number of morpholine rings is 1. The van der Waals surface area contributed by atoms with E-state index in [2.05, 4.69) is 74.8 Å². The molecule has 1 saturated heterocycles. The molecule has 0 bridgehead atoms. The number of guanidine groups is 1. The lowest BCUT2D eigenvalue weighted by atomic mass is 10.1. The predicted molar refractivity (Wildman–Crippen MR) is 147 cm³/mol. The quantitative estimate of drug-likeness (QED) is 0.266. The van der Waals surface area contributed by atoms with Crippen LogP contribution < -0.4 is 15.5 Å². The minimum Gasteiger partial charge on any atom is -0.375 e. The van der Waals surface area contributed by atoms with Gasteiger partial charge < -0.3 is 20.3 Å². The lowest BCUT2D eigenvalue weighted by Crippen LogP contribution is -2.41. The van der Waals surface area contributed by atoms with Crippen molar-refractivity contribution in [1.29, 1.82) is 0 Å². The van der Waals surface area contributed by atoms with Crippen LogP contribution >= 0.6 is 24.0 Å². The van der Waals surface area contributed by atoms with Crippen LogP contribution in [0.2, 0.25) is 0 Å². The maximum atomic E-state index is 5.62. The number of halogens is 1. The summed E-state index contributed by atoms with van der Waals surface area (Å²) in [5.41, 5.74) is 5.45. The summed E-state index contributed by atoms with van der Waals surface area (Å²) in [5.74, 6) is 1.74. The number of benzene rings is 1. The van der Waals surface area contributed by atoms with Crippen molar-refractivity contribution in [3.8, 4) is 5.69 Å². The molecule has 1 atom stereocenters. The number of hydrogen-bond donors (Lipinski definition) is 2. The summed E-state index contributed by atoms with van der Waals surface area (Å²) in [6.07, 6.45) is 2.16. The number of rotatable bonds is 6. The van der Waals surface area contributed by atoms with E-state index in [9.17, 15) is 0 Å². The molecule has 3 aromatic rings. The monoisotopic (exact) mass is 575 g/mol. The molecule has 2 N–H and O–H groups in total. The van der Waals surface area contributed by atoms with Crippen LogP contribution in [-0.2, 0) is 17.8 Å². The molecule has 4 rings (SSSR count). The second-order valence-corrected chi connectivity index (χ2v) is 8.40. The van der Waals surface area contributed by atoms with E-state index in [1.54, 1.807) is 7.05 Å². The number of para-hydroxylation sites is 1. The first kappa shape index (κ1) is 26.0. The molecule has 0 saturated carbocycles. The van der Waals surface area contributed by atoms with E-state index in [0.717, 1.165) is 59.7 Å². The normalized spacial score (nSPS) is 16.2. The van der Waals surface area contributed by atoms with Crippen LogP contribution in [0.15, 0.2) is 53.7 Å². The first-order chi connectivity index (χ1) is 16.0. The topological polar surface area (TPSA) is 79.6 Å². The van der Waals surface area contributed by atoms with Gasteiger partial charge in [0.1, 0.15) is 5.82 Å². The predicted octanol–water partition coefficient (Wildman–Crippen LogP) is 3.59. The summed E-state index contributed by atoms with van der Waals surface area (Å²) in [5, 5.41) is 11.4. The van der Waals surface area contributed by atoms with Crippen molar-refractivity contribution in [1.82, 2.24) is 25.4 Å². The third-order valence-corrected chi connectivity index (χ3v) is 5.73. The van der Waals surface area contributed by atoms with Crippen LogP contribution in [0.25, 0.3) is 5.69 Å². The lowest BCUT2D eigenvalue weighted by Gasteiger charge is -2.32. The molecule has 1 aromatic carbocycles. The molecule has 0 amide bonds. The van der Waals surface area contributed by atoms with Gasteiger partial charge in [0.15, 0.2) is 5.96 Å². The van der Waals surface area contributed by atoms with E-state index < -0.39 is 0 Å². The Balaban J connectivity index is 0.00000324. The zero-order valence-corrected chi connectivity index (χ0v) is 22.6. The van der Waals surface area contributed by atoms with Gasteiger partial charge in [0.25, 0.3) is 0 Å². The van der Waals surface area contributed by atoms with Gasteiger partial charge in [-0.15, -0.1) is 24.0 Å². The summed E-state index contributed by atoms with van der Waals surface area (Å²) < 4.78 is 7.61. The highest BCUT2D eigenvalue weighted by Crippen LogP contribution is 2.17. The molecule has 0 spiro atoms. The number of hydrogen-bond acceptors (Lipinski definition) is 5. The number of nitrogens with one attached hydrogen (secondary N) is 2. The van der Waals surface area contributed by atoms with E-state index in [4.69, 9.17) is 4.74 Å². The first-order valence-electron chi connectivity index (χ1n) is 11.4. The van der Waals surface area contributed by atoms with E-state index >= 15 is 0 Å². The van der Waals surface area contributed by atoms with Gasteiger partial charge in [-0.05, 0) is 50.1 Å². The number of anilines is 1. The number of nitrogens with zero attached hydrogens (tertiary/aromatic N) is 5. The molecule has 182 valence electrons. The van der Waals surface area contributed by atoms with E-state index in [0.29, 0.717) is 13.1 Å². The second kappa shape index (κ2) is 12.2. The van der Waals surface area contributed by atoms with Crippen molar-refractivity contribution in [3.63, 3.8) is 0 Å². The Morgan fingerprint density at radius 3 is 2.62 bits per heavy atom. The molecular weight excluding hydrogens is 541 g/mol. The fraction of sp³-hybridized carbons (Fsp3) is 0.400. The van der Waals surface area contributed by atoms with E-state index in [-0.39, 0.29) is 30.1 Å². The summed E-state index contributed by atoms with van der Waals surface area (Å²) in [6, 6.07) is 14.6. The Morgan fingerprint density at radius 1 is 1.15 bits per heavy atom. The minimum atomic E-state index is 0. The molecule has 9 heteroatoms. The summed E-state index contributed by atoms with van der Waals surface area (Å²) in [7, 11) is 1.78. The SMILES string of the molecule is CN=C(NCc1ccc(N2CCOC(C)C2)nc1)NCc1ccccc1-n1nc(C)cc1C.I. The van der Waals surface area contributed by atoms with Gasteiger partial charge in [0.2, 0.25) is 0 Å². The van der Waals surface area contributed by atoms with Gasteiger partial charge in [0.05, 0.1) is 24.1 Å². The molecule has 0 aliphatic carbocycles. The van der Waals surface area contributed by atoms with Crippen LogP contribution in [0.3, 0.4) is 0 Å². The van der Waals surface area contributed by atoms with Crippen molar-refractivity contribution in [2.45, 2.75) is 40.0 Å². The second-order valence-electron chi connectivity index (χ2n) is 8.40. The van der Waals surface area contributed by atoms with Crippen molar-refractivity contribution in [2.24, 2.45) is 4.99 Å². The smallest absolute Gasteiger partial charge is 0.191 e. The molecule has 1 fully saturated rings. The van der Waals surface area contributed by atoms with Crippen LogP contribution in [0.5, 0.6) is 0 Å². The fourth-order valence-electron chi connectivity index (χ4n) is 4.06. The Labute approximate surface area is 218 Å². The van der Waals surface area contributed by atoms with Crippen LogP contribution in [0.1, 0.15) is 29.4 Å². The van der Waals surface area contributed by atoms with Gasteiger partial charge >= 0.3 is 0 Å². The average molecular weight is 575 g/mol. The van der Waals surface area contributed by atoms with Crippen molar-refractivity contribution < 1.29 is 4.74 Å². The summed E-state index contributed by atoms with van der Waals surface area (Å²) in [6.45, 7) is 9.97. The Hall–Kier alpha value is -2.66. The molecule has 1 unspecified atom stereocenters. The van der Waals surface area contributed by atoms with Crippen LogP contribution in [0.4, 0.5) is 5.82 Å². The number of aromatic nitrogens is 3. The Kier molecular flexibility index (Phi) is 9.28. The molecule has 2 aromatic heterocycles. The van der Waals surface area contributed by atoms with Crippen LogP contribution in [-0.4, -0.2) is 53.6 Å². The first-order valence-corrected chi connectivity index (χ1v) is 11.4. The number of ether oxygens (including phenoxy) is 1. The largest absolute Gasteiger partial charge is 0.375 e. The zero-order valence-electron chi connectivity index (χ0n) is 20.3. The minimum absolute atomic E-state index is 0. The standard InChI is InChI=1S/C25H33N7O.HI/c1-18-13-19(2)32(30-18)23-8-6-5-7-22(23)16-29-25(26-4)28-15-21-9-10-24(27-14-21)31-11-12-33-20(3)17-31;/h5-10,13-14,20H,11-12,15-17H2,1-4H3,(H2,26,28,29);1H. The Morgan fingerprint density at radius 2 is 1.94 bits per heavy atom. The number of aliphatic imine (C=N–C) groups is 1. The molecule has 1 aliphatic heterocycles.